The molecule has 1 atom stereocenters. The predicted octanol–water partition coefficient (Wildman–Crippen LogP) is 2.99. The molecule has 0 bridgehead atoms. The number of aromatic nitrogens is 2. The van der Waals surface area contributed by atoms with Crippen LogP contribution in [0.4, 0.5) is 0 Å². The Labute approximate surface area is 121 Å². The summed E-state index contributed by atoms with van der Waals surface area (Å²) in [7, 11) is 1.68. The highest BCUT2D eigenvalue weighted by Gasteiger charge is 2.12. The minimum Gasteiger partial charge on any atom is -0.497 e. The molecule has 2 rings (SSSR count). The number of hydrogen-bond acceptors (Lipinski definition) is 6. The molecule has 1 aromatic heterocycles. The molecule has 6 heteroatoms. The maximum Gasteiger partial charge on any atom is 0.169 e. The molecule has 0 spiro atoms. The first-order valence-corrected chi connectivity index (χ1v) is 7.86. The quantitative estimate of drug-likeness (QED) is 0.796. The highest BCUT2D eigenvalue weighted by Crippen LogP contribution is 2.26. The van der Waals surface area contributed by atoms with Gasteiger partial charge in [-0.1, -0.05) is 30.8 Å². The minimum atomic E-state index is 0.310. The molecule has 19 heavy (non-hydrogen) atoms. The van der Waals surface area contributed by atoms with Gasteiger partial charge in [0.15, 0.2) is 4.34 Å². The largest absolute Gasteiger partial charge is 0.497 e. The van der Waals surface area contributed by atoms with E-state index < -0.39 is 0 Å². The molecule has 0 aliphatic heterocycles. The summed E-state index contributed by atoms with van der Waals surface area (Å²) in [4.78, 5) is 4.19. The monoisotopic (exact) mass is 295 g/mol. The van der Waals surface area contributed by atoms with Crippen LogP contribution in [0.15, 0.2) is 34.9 Å². The third-order valence-electron chi connectivity index (χ3n) is 2.68. The number of hydrogen-bond donors (Lipinski definition) is 1. The Balaban J connectivity index is 2.01. The van der Waals surface area contributed by atoms with Gasteiger partial charge in [-0.25, -0.2) is 4.98 Å². The van der Waals surface area contributed by atoms with Gasteiger partial charge in [0.05, 0.1) is 7.11 Å². The van der Waals surface area contributed by atoms with Gasteiger partial charge in [0.1, 0.15) is 12.1 Å². The summed E-state index contributed by atoms with van der Waals surface area (Å²) in [6, 6.07) is 8.51. The van der Waals surface area contributed by atoms with Crippen LogP contribution < -0.4 is 10.1 Å². The molecule has 0 radical (unpaired) electrons. The van der Waals surface area contributed by atoms with Crippen LogP contribution in [0.3, 0.4) is 0 Å². The maximum absolute atomic E-state index is 5.19. The fourth-order valence-corrected chi connectivity index (χ4v) is 3.30. The summed E-state index contributed by atoms with van der Waals surface area (Å²) in [5, 5.41) is 3.49. The summed E-state index contributed by atoms with van der Waals surface area (Å²) in [6.45, 7) is 3.06. The van der Waals surface area contributed by atoms with Crippen molar-refractivity contribution in [2.24, 2.45) is 0 Å². The van der Waals surface area contributed by atoms with E-state index in [0.717, 1.165) is 22.4 Å². The lowest BCUT2D eigenvalue weighted by molar-refractivity contribution is 0.414. The highest BCUT2D eigenvalue weighted by atomic mass is 32.2. The summed E-state index contributed by atoms with van der Waals surface area (Å²) in [5.41, 5.74) is 1.26. The van der Waals surface area contributed by atoms with Crippen LogP contribution in [-0.2, 0) is 0 Å². The molecule has 1 N–H and O–H groups in total. The highest BCUT2D eigenvalue weighted by molar-refractivity contribution is 8.00. The van der Waals surface area contributed by atoms with Crippen molar-refractivity contribution in [3.8, 4) is 5.75 Å². The third kappa shape index (κ3) is 4.19. The molecule has 0 aliphatic carbocycles. The van der Waals surface area contributed by atoms with E-state index in [2.05, 4.69) is 33.7 Å². The molecule has 0 saturated carbocycles. The molecule has 1 aromatic carbocycles. The second-order valence-corrected chi connectivity index (χ2v) is 5.95. The zero-order valence-corrected chi connectivity index (χ0v) is 12.6. The van der Waals surface area contributed by atoms with E-state index in [1.165, 1.54) is 17.1 Å². The lowest BCUT2D eigenvalue weighted by Crippen LogP contribution is -2.22. The van der Waals surface area contributed by atoms with E-state index in [0.29, 0.717) is 6.04 Å². The van der Waals surface area contributed by atoms with Crippen molar-refractivity contribution in [1.29, 1.82) is 0 Å². The molecule has 0 saturated heterocycles. The summed E-state index contributed by atoms with van der Waals surface area (Å²) < 4.78 is 10.2. The molecule has 0 aliphatic rings. The Morgan fingerprint density at radius 2 is 2.16 bits per heavy atom. The van der Waals surface area contributed by atoms with Crippen molar-refractivity contribution < 1.29 is 4.74 Å². The van der Waals surface area contributed by atoms with Gasteiger partial charge in [-0.2, -0.15) is 4.37 Å². The normalized spacial score (nSPS) is 12.3. The van der Waals surface area contributed by atoms with Crippen molar-refractivity contribution in [3.05, 3.63) is 36.2 Å². The van der Waals surface area contributed by atoms with Crippen molar-refractivity contribution in [3.63, 3.8) is 0 Å². The first-order chi connectivity index (χ1) is 9.33. The Bertz CT molecular complexity index is 473. The lowest BCUT2D eigenvalue weighted by Gasteiger charge is -2.17. The molecule has 4 nitrogen and oxygen atoms in total. The second kappa shape index (κ2) is 7.47. The first kappa shape index (κ1) is 14.3. The number of thioether (sulfide) groups is 1. The van der Waals surface area contributed by atoms with Crippen molar-refractivity contribution in [1.82, 2.24) is 14.7 Å². The average Bonchev–Trinajstić information content (AvgIpc) is 2.97. The summed E-state index contributed by atoms with van der Waals surface area (Å²) in [6.07, 6.45) is 1.60. The van der Waals surface area contributed by atoms with E-state index >= 15 is 0 Å². The Morgan fingerprint density at radius 1 is 1.37 bits per heavy atom. The Kier molecular flexibility index (Phi) is 5.62. The van der Waals surface area contributed by atoms with E-state index in [9.17, 15) is 0 Å². The van der Waals surface area contributed by atoms with Crippen LogP contribution >= 0.6 is 23.3 Å². The number of nitrogens with zero attached hydrogens (tertiary/aromatic N) is 2. The first-order valence-electron chi connectivity index (χ1n) is 6.10. The van der Waals surface area contributed by atoms with Gasteiger partial charge in [0, 0.05) is 11.8 Å². The number of rotatable bonds is 7. The van der Waals surface area contributed by atoms with Gasteiger partial charge in [-0.05, 0) is 35.8 Å². The summed E-state index contributed by atoms with van der Waals surface area (Å²) in [5.74, 6) is 1.82. The van der Waals surface area contributed by atoms with Crippen LogP contribution in [0.5, 0.6) is 5.75 Å². The van der Waals surface area contributed by atoms with Gasteiger partial charge in [0.25, 0.3) is 0 Å². The molecule has 102 valence electrons. The predicted molar refractivity (Wildman–Crippen MR) is 80.0 cm³/mol. The topological polar surface area (TPSA) is 47.0 Å². The zero-order chi connectivity index (χ0) is 13.5. The Hall–Kier alpha value is -1.11. The summed E-state index contributed by atoms with van der Waals surface area (Å²) >= 11 is 3.17. The van der Waals surface area contributed by atoms with Gasteiger partial charge in [0.2, 0.25) is 0 Å². The standard InChI is InChI=1S/C13H17N3OS2/c1-3-14-12(8-18-13-15-9-16-19-13)10-4-6-11(17-2)7-5-10/h4-7,9,12,14H,3,8H2,1-2H3. The number of methoxy groups -OCH3 is 1. The van der Waals surface area contributed by atoms with Gasteiger partial charge < -0.3 is 10.1 Å². The van der Waals surface area contributed by atoms with Crippen LogP contribution in [-0.4, -0.2) is 28.8 Å². The van der Waals surface area contributed by atoms with E-state index in [4.69, 9.17) is 4.74 Å². The minimum absolute atomic E-state index is 0.310. The number of nitrogens with one attached hydrogen (secondary N) is 1. The van der Waals surface area contributed by atoms with E-state index in [-0.39, 0.29) is 0 Å². The Morgan fingerprint density at radius 3 is 2.74 bits per heavy atom. The molecule has 0 fully saturated rings. The second-order valence-electron chi connectivity index (χ2n) is 3.90. The number of benzene rings is 1. The third-order valence-corrected chi connectivity index (χ3v) is 4.57. The lowest BCUT2D eigenvalue weighted by atomic mass is 10.1. The van der Waals surface area contributed by atoms with Gasteiger partial charge in [-0.15, -0.1) is 0 Å². The van der Waals surface area contributed by atoms with Crippen molar-refractivity contribution in [2.75, 3.05) is 19.4 Å². The average molecular weight is 295 g/mol. The van der Waals surface area contributed by atoms with Crippen LogP contribution in [0.2, 0.25) is 0 Å². The molecule has 2 aromatic rings. The SMILES string of the molecule is CCNC(CSc1ncns1)c1ccc(OC)cc1. The van der Waals surface area contributed by atoms with Crippen LogP contribution in [0, 0.1) is 0 Å². The van der Waals surface area contributed by atoms with E-state index in [1.807, 2.05) is 12.1 Å². The molecule has 1 heterocycles. The van der Waals surface area contributed by atoms with Gasteiger partial charge in [-0.3, -0.25) is 0 Å². The van der Waals surface area contributed by atoms with Crippen LogP contribution in [0.1, 0.15) is 18.5 Å². The molecular weight excluding hydrogens is 278 g/mol. The van der Waals surface area contributed by atoms with Crippen LogP contribution in [0.25, 0.3) is 0 Å². The number of ether oxygens (including phenoxy) is 1. The smallest absolute Gasteiger partial charge is 0.169 e. The van der Waals surface area contributed by atoms with Crippen molar-refractivity contribution >= 4 is 23.3 Å². The van der Waals surface area contributed by atoms with Crippen molar-refractivity contribution in [2.45, 2.75) is 17.3 Å². The fraction of sp³-hybridized carbons (Fsp3) is 0.385. The molecule has 1 unspecified atom stereocenters. The van der Waals surface area contributed by atoms with Gasteiger partial charge >= 0.3 is 0 Å². The maximum atomic E-state index is 5.19. The fourth-order valence-electron chi connectivity index (χ4n) is 1.74. The molecular formula is C13H17N3OS2. The zero-order valence-electron chi connectivity index (χ0n) is 11.0. The molecule has 0 amide bonds. The van der Waals surface area contributed by atoms with E-state index in [1.54, 1.807) is 25.2 Å².